The molecule has 4 nitrogen and oxygen atoms in total. The smallest absolute Gasteiger partial charge is 0.247 e. The van der Waals surface area contributed by atoms with E-state index < -0.39 is 0 Å². The zero-order valence-electron chi connectivity index (χ0n) is 9.34. The summed E-state index contributed by atoms with van der Waals surface area (Å²) in [6.45, 7) is 4.06. The van der Waals surface area contributed by atoms with E-state index in [0.29, 0.717) is 6.54 Å². The van der Waals surface area contributed by atoms with Crippen LogP contribution in [0, 0.1) is 0 Å². The van der Waals surface area contributed by atoms with Crippen molar-refractivity contribution in [3.63, 3.8) is 0 Å². The van der Waals surface area contributed by atoms with E-state index in [-0.39, 0.29) is 5.91 Å². The van der Waals surface area contributed by atoms with Gasteiger partial charge in [0.1, 0.15) is 0 Å². The first-order valence-electron chi connectivity index (χ1n) is 5.28. The van der Waals surface area contributed by atoms with Crippen molar-refractivity contribution >= 4 is 11.6 Å². The second kappa shape index (κ2) is 5.12. The normalized spacial score (nSPS) is 9.88. The monoisotopic (exact) mass is 227 g/mol. The molecule has 17 heavy (non-hydrogen) atoms. The Labute approximate surface area is 99.6 Å². The maximum atomic E-state index is 11.3. The predicted molar refractivity (Wildman–Crippen MR) is 66.6 cm³/mol. The summed E-state index contributed by atoms with van der Waals surface area (Å²) in [6.07, 6.45) is 4.86. The van der Waals surface area contributed by atoms with Gasteiger partial charge in [0.2, 0.25) is 5.91 Å². The molecule has 0 fully saturated rings. The second-order valence-electron chi connectivity index (χ2n) is 3.55. The molecule has 0 saturated heterocycles. The third kappa shape index (κ3) is 2.81. The molecular weight excluding hydrogens is 214 g/mol. The molecule has 1 aromatic heterocycles. The van der Waals surface area contributed by atoms with Crippen molar-refractivity contribution in [1.82, 2.24) is 9.78 Å². The minimum atomic E-state index is -0.210. The molecular formula is C13H13N3O. The molecule has 2 aromatic rings. The van der Waals surface area contributed by atoms with Crippen molar-refractivity contribution < 1.29 is 4.79 Å². The Morgan fingerprint density at radius 1 is 1.41 bits per heavy atom. The van der Waals surface area contributed by atoms with Crippen LogP contribution in [0.15, 0.2) is 55.4 Å². The highest BCUT2D eigenvalue weighted by Gasteiger charge is 2.04. The van der Waals surface area contributed by atoms with E-state index in [1.165, 1.54) is 6.08 Å². The van der Waals surface area contributed by atoms with Crippen molar-refractivity contribution in [1.29, 1.82) is 0 Å². The molecule has 0 bridgehead atoms. The lowest BCUT2D eigenvalue weighted by Crippen LogP contribution is -2.11. The number of nitrogens with one attached hydrogen (secondary N) is 1. The van der Waals surface area contributed by atoms with E-state index in [1.807, 2.05) is 36.5 Å². The summed E-state index contributed by atoms with van der Waals surface area (Å²) in [6, 6.07) is 9.50. The van der Waals surface area contributed by atoms with Gasteiger partial charge in [-0.25, -0.2) is 0 Å². The van der Waals surface area contributed by atoms with Crippen LogP contribution in [-0.2, 0) is 11.3 Å². The minimum Gasteiger partial charge on any atom is -0.322 e. The largest absolute Gasteiger partial charge is 0.322 e. The standard InChI is InChI=1S/C13H13N3O/c1-2-13(17)15-12-7-4-3-6-11(12)10-16-9-5-8-14-16/h2-9H,1,10H2,(H,15,17). The van der Waals surface area contributed by atoms with Gasteiger partial charge in [0.25, 0.3) is 0 Å². The third-order valence-corrected chi connectivity index (χ3v) is 2.35. The molecule has 1 heterocycles. The predicted octanol–water partition coefficient (Wildman–Crippen LogP) is 2.06. The van der Waals surface area contributed by atoms with Crippen molar-refractivity contribution in [2.24, 2.45) is 0 Å². The number of carbonyl (C=O) groups is 1. The molecule has 0 aliphatic carbocycles. The lowest BCUT2D eigenvalue weighted by atomic mass is 10.1. The number of rotatable bonds is 4. The molecule has 0 aliphatic heterocycles. The lowest BCUT2D eigenvalue weighted by molar-refractivity contribution is -0.111. The number of para-hydroxylation sites is 1. The summed E-state index contributed by atoms with van der Waals surface area (Å²) in [5.74, 6) is -0.210. The van der Waals surface area contributed by atoms with E-state index in [1.54, 1.807) is 10.9 Å². The fraction of sp³-hybridized carbons (Fsp3) is 0.0769. The quantitative estimate of drug-likeness (QED) is 0.813. The number of benzene rings is 1. The van der Waals surface area contributed by atoms with Crippen molar-refractivity contribution in [3.05, 3.63) is 60.9 Å². The Kier molecular flexibility index (Phi) is 3.35. The molecule has 0 radical (unpaired) electrons. The molecule has 86 valence electrons. The summed E-state index contributed by atoms with van der Waals surface area (Å²) >= 11 is 0. The second-order valence-corrected chi connectivity index (χ2v) is 3.55. The number of aromatic nitrogens is 2. The van der Waals surface area contributed by atoms with Crippen molar-refractivity contribution in [2.45, 2.75) is 6.54 Å². The number of anilines is 1. The third-order valence-electron chi connectivity index (χ3n) is 2.35. The average Bonchev–Trinajstić information content (AvgIpc) is 2.84. The Hall–Kier alpha value is -2.36. The van der Waals surface area contributed by atoms with Crippen molar-refractivity contribution in [2.75, 3.05) is 5.32 Å². The summed E-state index contributed by atoms with van der Waals surface area (Å²) in [7, 11) is 0. The van der Waals surface area contributed by atoms with Crippen LogP contribution < -0.4 is 5.32 Å². The van der Waals surface area contributed by atoms with Crippen LogP contribution in [-0.4, -0.2) is 15.7 Å². The van der Waals surface area contributed by atoms with E-state index in [9.17, 15) is 4.79 Å². The van der Waals surface area contributed by atoms with E-state index in [0.717, 1.165) is 11.3 Å². The van der Waals surface area contributed by atoms with Gasteiger partial charge in [-0.15, -0.1) is 0 Å². The van der Waals surface area contributed by atoms with Gasteiger partial charge < -0.3 is 5.32 Å². The van der Waals surface area contributed by atoms with E-state index >= 15 is 0 Å². The molecule has 1 N–H and O–H groups in total. The summed E-state index contributed by atoms with van der Waals surface area (Å²) < 4.78 is 1.80. The first-order valence-corrected chi connectivity index (χ1v) is 5.28. The van der Waals surface area contributed by atoms with Crippen LogP contribution in [0.25, 0.3) is 0 Å². The molecule has 4 heteroatoms. The number of hydrogen-bond donors (Lipinski definition) is 1. The Balaban J connectivity index is 2.21. The van der Waals surface area contributed by atoms with Gasteiger partial charge in [-0.3, -0.25) is 9.48 Å². The van der Waals surface area contributed by atoms with Crippen LogP contribution >= 0.6 is 0 Å². The topological polar surface area (TPSA) is 46.9 Å². The Bertz CT molecular complexity index is 517. The average molecular weight is 227 g/mol. The minimum absolute atomic E-state index is 0.210. The molecule has 0 aliphatic rings. The maximum absolute atomic E-state index is 11.3. The molecule has 0 saturated carbocycles. The molecule has 0 unspecified atom stereocenters. The summed E-state index contributed by atoms with van der Waals surface area (Å²) in [4.78, 5) is 11.3. The fourth-order valence-corrected chi connectivity index (χ4v) is 1.53. The van der Waals surface area contributed by atoms with E-state index in [4.69, 9.17) is 0 Å². The fourth-order valence-electron chi connectivity index (χ4n) is 1.53. The highest BCUT2D eigenvalue weighted by molar-refractivity contribution is 5.99. The van der Waals surface area contributed by atoms with Crippen LogP contribution in [0.4, 0.5) is 5.69 Å². The zero-order valence-corrected chi connectivity index (χ0v) is 9.34. The lowest BCUT2D eigenvalue weighted by Gasteiger charge is -2.09. The number of hydrogen-bond acceptors (Lipinski definition) is 2. The molecule has 2 rings (SSSR count). The Morgan fingerprint density at radius 3 is 2.94 bits per heavy atom. The van der Waals surface area contributed by atoms with Crippen LogP contribution in [0.3, 0.4) is 0 Å². The SMILES string of the molecule is C=CC(=O)Nc1ccccc1Cn1cccn1. The highest BCUT2D eigenvalue weighted by atomic mass is 16.1. The van der Waals surface area contributed by atoms with Gasteiger partial charge in [-0.05, 0) is 23.8 Å². The van der Waals surface area contributed by atoms with Crippen LogP contribution in [0.1, 0.15) is 5.56 Å². The maximum Gasteiger partial charge on any atom is 0.247 e. The molecule has 1 amide bonds. The first kappa shape index (κ1) is 11.1. The number of amides is 1. The van der Waals surface area contributed by atoms with Gasteiger partial charge in [-0.1, -0.05) is 24.8 Å². The molecule has 0 spiro atoms. The van der Waals surface area contributed by atoms with Crippen molar-refractivity contribution in [3.8, 4) is 0 Å². The number of carbonyl (C=O) groups excluding carboxylic acids is 1. The van der Waals surface area contributed by atoms with E-state index in [2.05, 4.69) is 17.0 Å². The molecule has 0 atom stereocenters. The zero-order chi connectivity index (χ0) is 12.1. The van der Waals surface area contributed by atoms with Crippen LogP contribution in [0.2, 0.25) is 0 Å². The van der Waals surface area contributed by atoms with Gasteiger partial charge in [0, 0.05) is 18.1 Å². The van der Waals surface area contributed by atoms with Gasteiger partial charge in [0.05, 0.1) is 6.54 Å². The number of nitrogens with zero attached hydrogens (tertiary/aromatic N) is 2. The first-order chi connectivity index (χ1) is 8.29. The van der Waals surface area contributed by atoms with Crippen LogP contribution in [0.5, 0.6) is 0 Å². The van der Waals surface area contributed by atoms with Gasteiger partial charge in [-0.2, -0.15) is 5.10 Å². The summed E-state index contributed by atoms with van der Waals surface area (Å²) in [5.41, 5.74) is 1.79. The van der Waals surface area contributed by atoms with Gasteiger partial charge in [0.15, 0.2) is 0 Å². The van der Waals surface area contributed by atoms with Gasteiger partial charge >= 0.3 is 0 Å². The summed E-state index contributed by atoms with van der Waals surface area (Å²) in [5, 5.41) is 6.91. The molecule has 1 aromatic carbocycles. The Morgan fingerprint density at radius 2 is 2.24 bits per heavy atom. The highest BCUT2D eigenvalue weighted by Crippen LogP contribution is 2.16.